The van der Waals surface area contributed by atoms with Crippen LogP contribution in [0.4, 0.5) is 13.9 Å². The molecule has 0 saturated carbocycles. The molecular formula is C15H10F2N2O2S. The molecule has 1 N–H and O–H groups in total. The summed E-state index contributed by atoms with van der Waals surface area (Å²) in [6.45, 7) is 1.73. The van der Waals surface area contributed by atoms with Gasteiger partial charge in [-0.3, -0.25) is 10.1 Å². The molecule has 22 heavy (non-hydrogen) atoms. The van der Waals surface area contributed by atoms with Crippen LogP contribution in [0.25, 0.3) is 11.3 Å². The monoisotopic (exact) mass is 320 g/mol. The number of rotatable bonds is 3. The van der Waals surface area contributed by atoms with Crippen molar-refractivity contribution in [3.63, 3.8) is 0 Å². The molecule has 0 fully saturated rings. The Labute approximate surface area is 128 Å². The smallest absolute Gasteiger partial charge is 0.293 e. The van der Waals surface area contributed by atoms with E-state index in [9.17, 15) is 13.6 Å². The number of furan rings is 1. The van der Waals surface area contributed by atoms with Crippen molar-refractivity contribution in [3.8, 4) is 11.3 Å². The second kappa shape index (κ2) is 5.69. The van der Waals surface area contributed by atoms with Gasteiger partial charge in [-0.25, -0.2) is 13.8 Å². The minimum Gasteiger partial charge on any atom is -0.456 e. The van der Waals surface area contributed by atoms with E-state index in [1.807, 2.05) is 0 Å². The summed E-state index contributed by atoms with van der Waals surface area (Å²) in [7, 11) is 0. The molecule has 3 rings (SSSR count). The van der Waals surface area contributed by atoms with Crippen LogP contribution in [0, 0.1) is 18.6 Å². The molecule has 0 unspecified atom stereocenters. The van der Waals surface area contributed by atoms with Gasteiger partial charge in [0, 0.05) is 10.9 Å². The number of hydrogen-bond acceptors (Lipinski definition) is 4. The number of anilines is 1. The van der Waals surface area contributed by atoms with Crippen LogP contribution in [0.15, 0.2) is 40.1 Å². The van der Waals surface area contributed by atoms with Crippen molar-refractivity contribution in [2.75, 3.05) is 5.32 Å². The van der Waals surface area contributed by atoms with Crippen LogP contribution in [0.5, 0.6) is 0 Å². The number of carbonyl (C=O) groups is 1. The van der Waals surface area contributed by atoms with Gasteiger partial charge in [0.2, 0.25) is 0 Å². The van der Waals surface area contributed by atoms with Crippen LogP contribution in [0.1, 0.15) is 16.3 Å². The van der Waals surface area contributed by atoms with Gasteiger partial charge in [-0.15, -0.1) is 11.3 Å². The predicted octanol–water partition coefficient (Wildman–Crippen LogP) is 4.24. The number of nitrogens with zero attached hydrogens (tertiary/aromatic N) is 1. The van der Waals surface area contributed by atoms with E-state index in [0.717, 1.165) is 29.5 Å². The highest BCUT2D eigenvalue weighted by molar-refractivity contribution is 7.14. The minimum absolute atomic E-state index is 0.0468. The van der Waals surface area contributed by atoms with Crippen molar-refractivity contribution in [2.24, 2.45) is 0 Å². The van der Waals surface area contributed by atoms with Crippen LogP contribution in [0.3, 0.4) is 0 Å². The van der Waals surface area contributed by atoms with E-state index >= 15 is 0 Å². The molecule has 7 heteroatoms. The van der Waals surface area contributed by atoms with Crippen molar-refractivity contribution in [1.82, 2.24) is 4.98 Å². The number of halogens is 2. The Morgan fingerprint density at radius 2 is 2.09 bits per heavy atom. The molecule has 0 aliphatic carbocycles. The molecule has 0 aliphatic heterocycles. The highest BCUT2D eigenvalue weighted by Crippen LogP contribution is 2.28. The zero-order chi connectivity index (χ0) is 15.7. The second-order valence-electron chi connectivity index (χ2n) is 4.53. The second-order valence-corrected chi connectivity index (χ2v) is 5.38. The molecular weight excluding hydrogens is 310 g/mol. The topological polar surface area (TPSA) is 55.1 Å². The molecule has 0 saturated heterocycles. The molecule has 112 valence electrons. The van der Waals surface area contributed by atoms with Gasteiger partial charge in [0.25, 0.3) is 5.91 Å². The van der Waals surface area contributed by atoms with Crippen LogP contribution in [-0.2, 0) is 0 Å². The first-order valence-corrected chi connectivity index (χ1v) is 7.19. The molecule has 2 aromatic heterocycles. The number of nitrogens with one attached hydrogen (secondary N) is 1. The lowest BCUT2D eigenvalue weighted by Crippen LogP contribution is -2.10. The fourth-order valence-corrected chi connectivity index (χ4v) is 2.57. The Balaban J connectivity index is 1.82. The number of amides is 1. The highest BCUT2D eigenvalue weighted by Gasteiger charge is 2.14. The predicted molar refractivity (Wildman–Crippen MR) is 78.9 cm³/mol. The molecule has 0 spiro atoms. The number of aryl methyl sites for hydroxylation is 1. The molecule has 1 amide bonds. The van der Waals surface area contributed by atoms with Crippen molar-refractivity contribution in [3.05, 3.63) is 58.9 Å². The third-order valence-electron chi connectivity index (χ3n) is 2.89. The van der Waals surface area contributed by atoms with E-state index in [0.29, 0.717) is 5.76 Å². The van der Waals surface area contributed by atoms with E-state index in [1.54, 1.807) is 24.4 Å². The van der Waals surface area contributed by atoms with Crippen LogP contribution < -0.4 is 5.32 Å². The summed E-state index contributed by atoms with van der Waals surface area (Å²) < 4.78 is 32.1. The van der Waals surface area contributed by atoms with Gasteiger partial charge in [0.15, 0.2) is 10.9 Å². The van der Waals surface area contributed by atoms with Crippen molar-refractivity contribution < 1.29 is 18.0 Å². The van der Waals surface area contributed by atoms with Gasteiger partial charge in [-0.1, -0.05) is 0 Å². The Hall–Kier alpha value is -2.54. The summed E-state index contributed by atoms with van der Waals surface area (Å²) >= 11 is 1.11. The van der Waals surface area contributed by atoms with E-state index < -0.39 is 17.5 Å². The third-order valence-corrected chi connectivity index (χ3v) is 3.65. The number of benzene rings is 1. The van der Waals surface area contributed by atoms with Gasteiger partial charge >= 0.3 is 0 Å². The van der Waals surface area contributed by atoms with Crippen molar-refractivity contribution in [1.29, 1.82) is 0 Å². The van der Waals surface area contributed by atoms with Gasteiger partial charge in [-0.2, -0.15) is 0 Å². The quantitative estimate of drug-likeness (QED) is 0.785. The first-order chi connectivity index (χ1) is 10.5. The zero-order valence-corrected chi connectivity index (χ0v) is 12.2. The lowest BCUT2D eigenvalue weighted by Gasteiger charge is -2.00. The first-order valence-electron chi connectivity index (χ1n) is 6.31. The van der Waals surface area contributed by atoms with Crippen molar-refractivity contribution in [2.45, 2.75) is 6.92 Å². The molecule has 4 nitrogen and oxygen atoms in total. The normalized spacial score (nSPS) is 10.7. The molecule has 1 aromatic carbocycles. The molecule has 0 aliphatic rings. The highest BCUT2D eigenvalue weighted by atomic mass is 32.1. The Morgan fingerprint density at radius 3 is 2.82 bits per heavy atom. The summed E-state index contributed by atoms with van der Waals surface area (Å²) in [5.74, 6) is -0.806. The maximum atomic E-state index is 13.7. The number of aromatic nitrogens is 1. The van der Waals surface area contributed by atoms with Crippen molar-refractivity contribution >= 4 is 22.4 Å². The first kappa shape index (κ1) is 14.4. The lowest BCUT2D eigenvalue weighted by atomic mass is 10.1. The fraction of sp³-hybridized carbons (Fsp3) is 0.0667. The number of thiazole rings is 1. The van der Waals surface area contributed by atoms with E-state index in [2.05, 4.69) is 10.3 Å². The molecule has 0 radical (unpaired) electrons. The molecule has 0 atom stereocenters. The summed E-state index contributed by atoms with van der Waals surface area (Å²) in [6.07, 6.45) is 0. The van der Waals surface area contributed by atoms with Gasteiger partial charge in [-0.05, 0) is 37.3 Å². The average molecular weight is 320 g/mol. The average Bonchev–Trinajstić information content (AvgIpc) is 3.11. The van der Waals surface area contributed by atoms with E-state index in [1.165, 1.54) is 0 Å². The SMILES string of the molecule is Cc1ccc(C(=O)Nc2nc(-c3cc(F)ccc3F)cs2)o1. The van der Waals surface area contributed by atoms with Crippen LogP contribution in [0.2, 0.25) is 0 Å². The Morgan fingerprint density at radius 1 is 1.27 bits per heavy atom. The zero-order valence-electron chi connectivity index (χ0n) is 11.4. The molecule has 3 aromatic rings. The van der Waals surface area contributed by atoms with Gasteiger partial charge < -0.3 is 4.42 Å². The summed E-state index contributed by atoms with van der Waals surface area (Å²) in [4.78, 5) is 16.0. The van der Waals surface area contributed by atoms with E-state index in [4.69, 9.17) is 4.42 Å². The summed E-state index contributed by atoms with van der Waals surface area (Å²) in [6, 6.07) is 6.35. The van der Waals surface area contributed by atoms with E-state index in [-0.39, 0.29) is 22.1 Å². The van der Waals surface area contributed by atoms with Crippen LogP contribution >= 0.6 is 11.3 Å². The largest absolute Gasteiger partial charge is 0.456 e. The fourth-order valence-electron chi connectivity index (χ4n) is 1.86. The van der Waals surface area contributed by atoms with Crippen LogP contribution in [-0.4, -0.2) is 10.9 Å². The van der Waals surface area contributed by atoms with Gasteiger partial charge in [0.05, 0.1) is 5.69 Å². The Kier molecular flexibility index (Phi) is 3.72. The lowest BCUT2D eigenvalue weighted by molar-refractivity contribution is 0.0995. The maximum absolute atomic E-state index is 13.7. The molecule has 0 bridgehead atoms. The minimum atomic E-state index is -0.578. The third kappa shape index (κ3) is 2.89. The number of carbonyl (C=O) groups excluding carboxylic acids is 1. The Bertz CT molecular complexity index is 842. The summed E-state index contributed by atoms with van der Waals surface area (Å²) in [5, 5.41) is 4.37. The maximum Gasteiger partial charge on any atom is 0.293 e. The van der Waals surface area contributed by atoms with Gasteiger partial charge in [0.1, 0.15) is 17.4 Å². The standard InChI is InChI=1S/C15H10F2N2O2S/c1-8-2-5-13(21-8)14(20)19-15-18-12(7-22-15)10-6-9(16)3-4-11(10)17/h2-7H,1H3,(H,18,19,20). The molecule has 2 heterocycles. The number of hydrogen-bond donors (Lipinski definition) is 1. The summed E-state index contributed by atoms with van der Waals surface area (Å²) in [5.41, 5.74) is 0.304.